The molecule has 1 N–H and O–H groups in total. The molecule has 0 aliphatic heterocycles. The summed E-state index contributed by atoms with van der Waals surface area (Å²) in [7, 11) is 0. The maximum Gasteiger partial charge on any atom is 0.310 e. The molecule has 0 saturated heterocycles. The molecular formula is C21H26Cl2F3NO2. The van der Waals surface area contributed by atoms with E-state index < -0.39 is 46.9 Å². The highest BCUT2D eigenvalue weighted by molar-refractivity contribution is 6.55. The van der Waals surface area contributed by atoms with E-state index in [4.69, 9.17) is 27.9 Å². The molecule has 0 spiro atoms. The van der Waals surface area contributed by atoms with Crippen LogP contribution in [0.4, 0.5) is 18.9 Å². The third-order valence-corrected chi connectivity index (χ3v) is 5.80. The second kappa shape index (κ2) is 9.61. The molecule has 1 aliphatic carbocycles. The van der Waals surface area contributed by atoms with E-state index in [1.54, 1.807) is 6.08 Å². The van der Waals surface area contributed by atoms with E-state index in [2.05, 4.69) is 5.32 Å². The zero-order valence-electron chi connectivity index (χ0n) is 17.0. The van der Waals surface area contributed by atoms with E-state index in [1.165, 1.54) is 6.92 Å². The lowest BCUT2D eigenvalue weighted by Gasteiger charge is -2.17. The summed E-state index contributed by atoms with van der Waals surface area (Å²) in [6.45, 7) is 6.71. The monoisotopic (exact) mass is 451 g/mol. The predicted octanol–water partition coefficient (Wildman–Crippen LogP) is 6.65. The van der Waals surface area contributed by atoms with Crippen LogP contribution in [-0.4, -0.2) is 12.5 Å². The fourth-order valence-electron chi connectivity index (χ4n) is 3.54. The molecule has 1 aliphatic rings. The largest absolute Gasteiger partial charge is 0.460 e. The van der Waals surface area contributed by atoms with Crippen molar-refractivity contribution in [2.75, 3.05) is 11.9 Å². The number of carbonyl (C=O) groups excluding carboxylic acids is 1. The Bertz CT molecular complexity index is 808. The number of hydrogen-bond donors (Lipinski definition) is 1. The van der Waals surface area contributed by atoms with Crippen molar-refractivity contribution in [1.29, 1.82) is 0 Å². The molecule has 8 heteroatoms. The molecule has 2 atom stereocenters. The van der Waals surface area contributed by atoms with Gasteiger partial charge in [-0.25, -0.2) is 13.2 Å². The van der Waals surface area contributed by atoms with E-state index in [0.717, 1.165) is 19.3 Å². The summed E-state index contributed by atoms with van der Waals surface area (Å²) in [5, 5.41) is 2.83. The van der Waals surface area contributed by atoms with Gasteiger partial charge in [-0.05, 0) is 30.8 Å². The Hall–Kier alpha value is -1.40. The summed E-state index contributed by atoms with van der Waals surface area (Å²) in [6.07, 6.45) is 4.18. The number of unbranched alkanes of at least 4 members (excludes halogenated alkanes) is 2. The molecule has 1 saturated carbocycles. The van der Waals surface area contributed by atoms with Gasteiger partial charge in [0.1, 0.15) is 11.1 Å². The minimum Gasteiger partial charge on any atom is -0.460 e. The van der Waals surface area contributed by atoms with Gasteiger partial charge >= 0.3 is 5.97 Å². The summed E-state index contributed by atoms with van der Waals surface area (Å²) in [6, 6.07) is 0. The molecule has 2 rings (SSSR count). The van der Waals surface area contributed by atoms with Crippen LogP contribution in [0, 0.1) is 41.6 Å². The van der Waals surface area contributed by atoms with Crippen LogP contribution in [-0.2, 0) is 16.1 Å². The third kappa shape index (κ3) is 5.21. The molecule has 29 heavy (non-hydrogen) atoms. The first-order valence-electron chi connectivity index (χ1n) is 9.63. The lowest BCUT2D eigenvalue weighted by molar-refractivity contribution is -0.147. The summed E-state index contributed by atoms with van der Waals surface area (Å²) < 4.78 is 48.5. The first kappa shape index (κ1) is 23.9. The Kier molecular flexibility index (Phi) is 7.91. The molecule has 0 heterocycles. The van der Waals surface area contributed by atoms with Crippen molar-refractivity contribution in [3.8, 4) is 0 Å². The maximum absolute atomic E-state index is 14.6. The second-order valence-electron chi connectivity index (χ2n) is 7.94. The summed E-state index contributed by atoms with van der Waals surface area (Å²) in [5.41, 5.74) is -1.34. The van der Waals surface area contributed by atoms with Gasteiger partial charge in [0.15, 0.2) is 17.5 Å². The molecule has 0 unspecified atom stereocenters. The highest BCUT2D eigenvalue weighted by Gasteiger charge is 2.61. The van der Waals surface area contributed by atoms with Crippen LogP contribution in [0.2, 0.25) is 0 Å². The summed E-state index contributed by atoms with van der Waals surface area (Å²) in [5.74, 6) is -4.71. The van der Waals surface area contributed by atoms with Gasteiger partial charge in [0.25, 0.3) is 0 Å². The SMILES string of the molecule is CCCCCNc1c(F)c(C)c(F)c(F)c1COC(=O)[C@@H]1[C@@H](C=C(Cl)Cl)C1(C)C. The quantitative estimate of drug-likeness (QED) is 0.259. The average Bonchev–Trinajstić information content (AvgIpc) is 3.19. The molecule has 1 fully saturated rings. The lowest BCUT2D eigenvalue weighted by Crippen LogP contribution is -2.16. The molecule has 1 aromatic carbocycles. The van der Waals surface area contributed by atoms with Gasteiger partial charge in [0.05, 0.1) is 17.2 Å². The standard InChI is InChI=1S/C21H26Cl2F3NO2/c1-5-6-7-8-27-19-12(18(26)16(24)11(2)17(19)25)10-29-20(28)15-13(9-14(22)23)21(15,3)4/h9,13,15,27H,5-8,10H2,1-4H3/t13-,15+/m1/s1. The van der Waals surface area contributed by atoms with Crippen LogP contribution in [0.1, 0.15) is 51.2 Å². The number of carbonyl (C=O) groups is 1. The maximum atomic E-state index is 14.6. The van der Waals surface area contributed by atoms with E-state index in [9.17, 15) is 18.0 Å². The average molecular weight is 452 g/mol. The topological polar surface area (TPSA) is 38.3 Å². The minimum atomic E-state index is -1.28. The molecule has 162 valence electrons. The molecule has 0 radical (unpaired) electrons. The first-order valence-corrected chi connectivity index (χ1v) is 10.4. The minimum absolute atomic E-state index is 0.0469. The number of nitrogens with one attached hydrogen (secondary N) is 1. The van der Waals surface area contributed by atoms with Crippen LogP contribution in [0.5, 0.6) is 0 Å². The van der Waals surface area contributed by atoms with Crippen molar-refractivity contribution in [2.24, 2.45) is 17.3 Å². The molecule has 1 aromatic rings. The lowest BCUT2D eigenvalue weighted by atomic mass is 10.1. The number of anilines is 1. The number of hydrogen-bond acceptors (Lipinski definition) is 3. The Morgan fingerprint density at radius 3 is 2.41 bits per heavy atom. The molecule has 0 bridgehead atoms. The highest BCUT2D eigenvalue weighted by Crippen LogP contribution is 2.60. The van der Waals surface area contributed by atoms with Crippen molar-refractivity contribution >= 4 is 34.9 Å². The van der Waals surface area contributed by atoms with Crippen molar-refractivity contribution in [1.82, 2.24) is 0 Å². The molecule has 3 nitrogen and oxygen atoms in total. The number of rotatable bonds is 9. The predicted molar refractivity (Wildman–Crippen MR) is 109 cm³/mol. The number of allylic oxidation sites excluding steroid dienone is 1. The fourth-order valence-corrected chi connectivity index (χ4v) is 3.81. The molecule has 0 aromatic heterocycles. The van der Waals surface area contributed by atoms with Crippen LogP contribution in [0.3, 0.4) is 0 Å². The van der Waals surface area contributed by atoms with Gasteiger partial charge in [-0.1, -0.05) is 56.8 Å². The zero-order chi connectivity index (χ0) is 21.9. The smallest absolute Gasteiger partial charge is 0.310 e. The Balaban J connectivity index is 2.19. The van der Waals surface area contributed by atoms with Crippen molar-refractivity contribution < 1.29 is 22.7 Å². The van der Waals surface area contributed by atoms with Gasteiger partial charge in [0.2, 0.25) is 0 Å². The molecule has 0 amide bonds. The number of halogens is 5. The summed E-state index contributed by atoms with van der Waals surface area (Å²) >= 11 is 11.4. The third-order valence-electron chi connectivity index (χ3n) is 5.55. The zero-order valence-corrected chi connectivity index (χ0v) is 18.5. The number of ether oxygens (including phenoxy) is 1. The highest BCUT2D eigenvalue weighted by atomic mass is 35.5. The van der Waals surface area contributed by atoms with E-state index >= 15 is 0 Å². The van der Waals surface area contributed by atoms with E-state index in [0.29, 0.717) is 6.54 Å². The number of benzene rings is 1. The first-order chi connectivity index (χ1) is 13.5. The normalized spacial score (nSPS) is 19.6. The van der Waals surface area contributed by atoms with Gasteiger partial charge in [-0.2, -0.15) is 0 Å². The van der Waals surface area contributed by atoms with Gasteiger partial charge in [-0.15, -0.1) is 0 Å². The van der Waals surface area contributed by atoms with Gasteiger partial charge < -0.3 is 10.1 Å². The Morgan fingerprint density at radius 2 is 1.83 bits per heavy atom. The van der Waals surface area contributed by atoms with Crippen LogP contribution >= 0.6 is 23.2 Å². The summed E-state index contributed by atoms with van der Waals surface area (Å²) in [4.78, 5) is 12.5. The Morgan fingerprint density at radius 1 is 1.17 bits per heavy atom. The van der Waals surface area contributed by atoms with Gasteiger partial charge in [0, 0.05) is 12.1 Å². The molecular weight excluding hydrogens is 426 g/mol. The van der Waals surface area contributed by atoms with Crippen molar-refractivity contribution in [3.05, 3.63) is 39.1 Å². The van der Waals surface area contributed by atoms with E-state index in [1.807, 2.05) is 20.8 Å². The van der Waals surface area contributed by atoms with Crippen LogP contribution < -0.4 is 5.32 Å². The van der Waals surface area contributed by atoms with Crippen molar-refractivity contribution in [3.63, 3.8) is 0 Å². The van der Waals surface area contributed by atoms with Crippen LogP contribution in [0.25, 0.3) is 0 Å². The fraction of sp³-hybridized carbons (Fsp3) is 0.571. The van der Waals surface area contributed by atoms with E-state index in [-0.39, 0.29) is 21.7 Å². The Labute approximate surface area is 179 Å². The van der Waals surface area contributed by atoms with Crippen molar-refractivity contribution in [2.45, 2.75) is 53.6 Å². The van der Waals surface area contributed by atoms with Gasteiger partial charge in [-0.3, -0.25) is 4.79 Å². The second-order valence-corrected chi connectivity index (χ2v) is 8.95. The number of esters is 1. The van der Waals surface area contributed by atoms with Crippen LogP contribution in [0.15, 0.2) is 10.6 Å².